The summed E-state index contributed by atoms with van der Waals surface area (Å²) in [6.07, 6.45) is 1.93. The number of hydrazine groups is 1. The van der Waals surface area contributed by atoms with Crippen molar-refractivity contribution in [3.8, 4) is 0 Å². The van der Waals surface area contributed by atoms with E-state index in [1.165, 1.54) is 4.88 Å². The highest BCUT2D eigenvalue weighted by Gasteiger charge is 2.29. The number of hydrogen-bond acceptors (Lipinski definition) is 7. The first-order valence-corrected chi connectivity index (χ1v) is 7.16. The zero-order valence-electron chi connectivity index (χ0n) is 10.7. The summed E-state index contributed by atoms with van der Waals surface area (Å²) in [7, 11) is 0. The third-order valence-electron chi connectivity index (χ3n) is 3.29. The lowest BCUT2D eigenvalue weighted by Gasteiger charge is -2.12. The molecular weight excluding hydrogens is 262 g/mol. The molecule has 1 aliphatic carbocycles. The van der Waals surface area contributed by atoms with Crippen molar-refractivity contribution in [2.75, 3.05) is 17.3 Å². The Kier molecular flexibility index (Phi) is 3.26. The standard InChI is InChI=1S/C12H17N5OS/c1-6-4-8-10(14-5-9(18)7-2-3-7)15-12(17-13)16-11(8)19-6/h4,7,9,18H,2-3,5,13H2,1H3,(H2,14,15,16,17). The van der Waals surface area contributed by atoms with Gasteiger partial charge in [-0.25, -0.2) is 10.8 Å². The molecule has 2 aromatic rings. The van der Waals surface area contributed by atoms with Crippen molar-refractivity contribution < 1.29 is 5.11 Å². The number of anilines is 2. The first kappa shape index (κ1) is 12.6. The molecule has 0 saturated heterocycles. The number of aliphatic hydroxyl groups excluding tert-OH is 1. The highest BCUT2D eigenvalue weighted by Crippen LogP contribution is 2.33. The lowest BCUT2D eigenvalue weighted by Crippen LogP contribution is -2.22. The number of aliphatic hydroxyl groups is 1. The molecule has 0 amide bonds. The molecule has 0 aromatic carbocycles. The van der Waals surface area contributed by atoms with Crippen LogP contribution in [0.3, 0.4) is 0 Å². The Hall–Kier alpha value is -1.44. The van der Waals surface area contributed by atoms with Crippen LogP contribution in [0, 0.1) is 12.8 Å². The van der Waals surface area contributed by atoms with E-state index in [1.54, 1.807) is 11.3 Å². The van der Waals surface area contributed by atoms with E-state index < -0.39 is 0 Å². The number of hydrogen-bond donors (Lipinski definition) is 4. The minimum atomic E-state index is -0.306. The first-order chi connectivity index (χ1) is 9.17. The van der Waals surface area contributed by atoms with Gasteiger partial charge in [0.1, 0.15) is 10.6 Å². The number of nitrogens with two attached hydrogens (primary N) is 1. The minimum Gasteiger partial charge on any atom is -0.391 e. The zero-order valence-corrected chi connectivity index (χ0v) is 11.5. The fourth-order valence-electron chi connectivity index (χ4n) is 2.09. The molecule has 1 unspecified atom stereocenters. The van der Waals surface area contributed by atoms with Crippen LogP contribution in [0.1, 0.15) is 17.7 Å². The number of nitrogens with one attached hydrogen (secondary N) is 2. The van der Waals surface area contributed by atoms with Crippen LogP contribution in [-0.2, 0) is 0 Å². The van der Waals surface area contributed by atoms with Crippen LogP contribution in [0.25, 0.3) is 10.2 Å². The van der Waals surface area contributed by atoms with Gasteiger partial charge in [-0.05, 0) is 31.7 Å². The predicted octanol–water partition coefficient (Wildman–Crippen LogP) is 1.47. The number of aryl methyl sites for hydroxylation is 1. The highest BCUT2D eigenvalue weighted by molar-refractivity contribution is 7.18. The maximum absolute atomic E-state index is 9.91. The molecule has 0 spiro atoms. The molecular formula is C12H17N5OS. The number of rotatable bonds is 5. The summed E-state index contributed by atoms with van der Waals surface area (Å²) in [4.78, 5) is 10.7. The van der Waals surface area contributed by atoms with Crippen LogP contribution in [0.2, 0.25) is 0 Å². The van der Waals surface area contributed by atoms with E-state index in [-0.39, 0.29) is 6.10 Å². The molecule has 19 heavy (non-hydrogen) atoms. The minimum absolute atomic E-state index is 0.306. The maximum atomic E-state index is 9.91. The van der Waals surface area contributed by atoms with Crippen LogP contribution in [0.5, 0.6) is 0 Å². The molecule has 5 N–H and O–H groups in total. The Morgan fingerprint density at radius 1 is 1.53 bits per heavy atom. The van der Waals surface area contributed by atoms with E-state index in [4.69, 9.17) is 5.84 Å². The lowest BCUT2D eigenvalue weighted by molar-refractivity contribution is 0.164. The SMILES string of the molecule is Cc1cc2c(NCC(O)C3CC3)nc(NN)nc2s1. The fourth-order valence-corrected chi connectivity index (χ4v) is 2.97. The third-order valence-corrected chi connectivity index (χ3v) is 4.23. The summed E-state index contributed by atoms with van der Waals surface area (Å²) < 4.78 is 0. The largest absolute Gasteiger partial charge is 0.391 e. The zero-order chi connectivity index (χ0) is 13.4. The topological polar surface area (TPSA) is 96.1 Å². The van der Waals surface area contributed by atoms with Crippen molar-refractivity contribution >= 4 is 33.3 Å². The lowest BCUT2D eigenvalue weighted by atomic mass is 10.2. The van der Waals surface area contributed by atoms with E-state index in [2.05, 4.69) is 20.7 Å². The van der Waals surface area contributed by atoms with Crippen LogP contribution < -0.4 is 16.6 Å². The summed E-state index contributed by atoms with van der Waals surface area (Å²) in [6, 6.07) is 2.05. The Balaban J connectivity index is 1.86. The second-order valence-electron chi connectivity index (χ2n) is 4.90. The average molecular weight is 279 g/mol. The maximum Gasteiger partial charge on any atom is 0.240 e. The summed E-state index contributed by atoms with van der Waals surface area (Å²) in [6.45, 7) is 2.54. The second-order valence-corrected chi connectivity index (χ2v) is 6.14. The van der Waals surface area contributed by atoms with Gasteiger partial charge in [-0.15, -0.1) is 11.3 Å². The Bertz CT molecular complexity index is 595. The molecule has 2 aromatic heterocycles. The molecule has 1 atom stereocenters. The van der Waals surface area contributed by atoms with Crippen molar-refractivity contribution in [3.63, 3.8) is 0 Å². The highest BCUT2D eigenvalue weighted by atomic mass is 32.1. The van der Waals surface area contributed by atoms with E-state index in [0.717, 1.165) is 28.9 Å². The predicted molar refractivity (Wildman–Crippen MR) is 77.2 cm³/mol. The quantitative estimate of drug-likeness (QED) is 0.489. The Labute approximate surface area is 115 Å². The van der Waals surface area contributed by atoms with Gasteiger partial charge in [-0.2, -0.15) is 4.98 Å². The molecule has 0 bridgehead atoms. The van der Waals surface area contributed by atoms with E-state index in [9.17, 15) is 5.11 Å². The number of aromatic nitrogens is 2. The van der Waals surface area contributed by atoms with Crippen molar-refractivity contribution in [2.45, 2.75) is 25.9 Å². The molecule has 7 heteroatoms. The normalized spacial score (nSPS) is 16.6. The second kappa shape index (κ2) is 4.92. The molecule has 6 nitrogen and oxygen atoms in total. The van der Waals surface area contributed by atoms with Gasteiger partial charge in [0.25, 0.3) is 0 Å². The monoisotopic (exact) mass is 279 g/mol. The third kappa shape index (κ3) is 2.63. The Morgan fingerprint density at radius 2 is 2.32 bits per heavy atom. The van der Waals surface area contributed by atoms with Crippen LogP contribution in [-0.4, -0.2) is 27.7 Å². The van der Waals surface area contributed by atoms with Gasteiger partial charge in [0.05, 0.1) is 11.5 Å². The van der Waals surface area contributed by atoms with Crippen LogP contribution >= 0.6 is 11.3 Å². The van der Waals surface area contributed by atoms with Crippen molar-refractivity contribution in [1.29, 1.82) is 0 Å². The summed E-state index contributed by atoms with van der Waals surface area (Å²) >= 11 is 1.60. The molecule has 1 saturated carbocycles. The van der Waals surface area contributed by atoms with E-state index in [0.29, 0.717) is 18.4 Å². The Morgan fingerprint density at radius 3 is 3.00 bits per heavy atom. The number of fused-ring (bicyclic) bond motifs is 1. The smallest absolute Gasteiger partial charge is 0.240 e. The molecule has 3 rings (SSSR count). The van der Waals surface area contributed by atoms with Crippen molar-refractivity contribution in [2.24, 2.45) is 11.8 Å². The molecule has 1 fully saturated rings. The van der Waals surface area contributed by atoms with Gasteiger partial charge in [0.2, 0.25) is 5.95 Å². The van der Waals surface area contributed by atoms with E-state index >= 15 is 0 Å². The number of thiophene rings is 1. The van der Waals surface area contributed by atoms with Crippen LogP contribution in [0.4, 0.5) is 11.8 Å². The average Bonchev–Trinajstić information content (AvgIpc) is 3.17. The molecule has 2 heterocycles. The van der Waals surface area contributed by atoms with Gasteiger partial charge in [0.15, 0.2) is 0 Å². The van der Waals surface area contributed by atoms with Crippen molar-refractivity contribution in [3.05, 3.63) is 10.9 Å². The van der Waals surface area contributed by atoms with Gasteiger partial charge in [-0.3, -0.25) is 5.43 Å². The molecule has 0 radical (unpaired) electrons. The summed E-state index contributed by atoms with van der Waals surface area (Å²) in [5.41, 5.74) is 2.47. The molecule has 0 aliphatic heterocycles. The summed E-state index contributed by atoms with van der Waals surface area (Å²) in [5, 5.41) is 14.1. The summed E-state index contributed by atoms with van der Waals surface area (Å²) in [5.74, 6) is 6.94. The fraction of sp³-hybridized carbons (Fsp3) is 0.500. The molecule has 1 aliphatic rings. The molecule has 102 valence electrons. The first-order valence-electron chi connectivity index (χ1n) is 6.34. The van der Waals surface area contributed by atoms with Gasteiger partial charge < -0.3 is 10.4 Å². The number of nitrogens with zero attached hydrogens (tertiary/aromatic N) is 2. The van der Waals surface area contributed by atoms with E-state index in [1.807, 2.05) is 13.0 Å². The van der Waals surface area contributed by atoms with Crippen LogP contribution in [0.15, 0.2) is 6.07 Å². The van der Waals surface area contributed by atoms with Crippen molar-refractivity contribution in [1.82, 2.24) is 9.97 Å². The van der Waals surface area contributed by atoms with Gasteiger partial charge in [-0.1, -0.05) is 0 Å². The van der Waals surface area contributed by atoms with Gasteiger partial charge >= 0.3 is 0 Å². The number of nitrogen functional groups attached to an aromatic ring is 1. The van der Waals surface area contributed by atoms with Gasteiger partial charge in [0, 0.05) is 11.4 Å².